The molecule has 5 nitrogen and oxygen atoms in total. The van der Waals surface area contributed by atoms with Crippen molar-refractivity contribution < 1.29 is 13.2 Å². The largest absolute Gasteiger partial charge is 0.497 e. The Bertz CT molecular complexity index is 730. The number of anilines is 1. The maximum Gasteiger partial charge on any atom is 0.242 e. The molecule has 2 aromatic carbocycles. The first-order valence-electron chi connectivity index (χ1n) is 6.10. The number of halogens is 1. The molecule has 0 aromatic heterocycles. The number of nitrogen functional groups attached to an aromatic ring is 1. The quantitative estimate of drug-likeness (QED) is 0.792. The van der Waals surface area contributed by atoms with Crippen LogP contribution in [0.5, 0.6) is 5.75 Å². The van der Waals surface area contributed by atoms with Crippen LogP contribution in [-0.4, -0.2) is 15.5 Å². The van der Waals surface area contributed by atoms with Crippen molar-refractivity contribution in [3.63, 3.8) is 0 Å². The van der Waals surface area contributed by atoms with Gasteiger partial charge in [0, 0.05) is 16.7 Å². The zero-order valence-corrected chi connectivity index (χ0v) is 13.7. The van der Waals surface area contributed by atoms with Gasteiger partial charge in [0.1, 0.15) is 5.75 Å². The van der Waals surface area contributed by atoms with Crippen molar-refractivity contribution in [2.75, 3.05) is 12.8 Å². The highest BCUT2D eigenvalue weighted by molar-refractivity contribution is 9.10. The van der Waals surface area contributed by atoms with Gasteiger partial charge in [0.05, 0.1) is 12.0 Å². The van der Waals surface area contributed by atoms with E-state index < -0.39 is 10.0 Å². The third kappa shape index (κ3) is 3.96. The fourth-order valence-corrected chi connectivity index (χ4v) is 3.74. The van der Waals surface area contributed by atoms with Crippen LogP contribution >= 0.6 is 15.9 Å². The van der Waals surface area contributed by atoms with Crippen molar-refractivity contribution in [2.24, 2.45) is 0 Å². The first-order chi connectivity index (χ1) is 9.92. The number of nitrogens with two attached hydrogens (primary N) is 1. The number of methoxy groups -OCH3 is 1. The van der Waals surface area contributed by atoms with E-state index in [9.17, 15) is 8.42 Å². The second kappa shape index (κ2) is 6.46. The molecular formula is C14H15BrN2O3S. The normalized spacial score (nSPS) is 11.3. The molecule has 0 fully saturated rings. The first-order valence-corrected chi connectivity index (χ1v) is 8.37. The molecule has 0 aliphatic carbocycles. The van der Waals surface area contributed by atoms with Crippen LogP contribution in [0.2, 0.25) is 0 Å². The third-order valence-electron chi connectivity index (χ3n) is 2.87. The molecule has 2 rings (SSSR count). The lowest BCUT2D eigenvalue weighted by molar-refractivity contribution is 0.414. The highest BCUT2D eigenvalue weighted by Crippen LogP contribution is 2.24. The number of rotatable bonds is 5. The van der Waals surface area contributed by atoms with E-state index in [1.165, 1.54) is 6.07 Å². The fourth-order valence-electron chi connectivity index (χ4n) is 1.73. The van der Waals surface area contributed by atoms with Crippen LogP contribution < -0.4 is 15.2 Å². The molecule has 0 radical (unpaired) electrons. The monoisotopic (exact) mass is 370 g/mol. The summed E-state index contributed by atoms with van der Waals surface area (Å²) in [7, 11) is -2.06. The molecule has 0 aliphatic rings. The molecule has 3 N–H and O–H groups in total. The van der Waals surface area contributed by atoms with Gasteiger partial charge >= 0.3 is 0 Å². The van der Waals surface area contributed by atoms with Crippen molar-refractivity contribution in [3.8, 4) is 5.75 Å². The molecular weight excluding hydrogens is 356 g/mol. The Labute approximate surface area is 132 Å². The van der Waals surface area contributed by atoms with Gasteiger partial charge in [-0.2, -0.15) is 0 Å². The highest BCUT2D eigenvalue weighted by Gasteiger charge is 2.17. The van der Waals surface area contributed by atoms with Crippen LogP contribution in [0.15, 0.2) is 51.8 Å². The number of ether oxygens (including phenoxy) is 1. The van der Waals surface area contributed by atoms with Gasteiger partial charge in [-0.1, -0.05) is 12.1 Å². The van der Waals surface area contributed by atoms with Gasteiger partial charge in [0.25, 0.3) is 0 Å². The summed E-state index contributed by atoms with van der Waals surface area (Å²) in [6, 6.07) is 11.8. The minimum Gasteiger partial charge on any atom is -0.497 e. The average Bonchev–Trinajstić information content (AvgIpc) is 2.48. The Hall–Kier alpha value is -1.57. The van der Waals surface area contributed by atoms with E-state index in [0.29, 0.717) is 10.2 Å². The van der Waals surface area contributed by atoms with Gasteiger partial charge in [0.15, 0.2) is 0 Å². The molecule has 0 amide bonds. The summed E-state index contributed by atoms with van der Waals surface area (Å²) in [6.07, 6.45) is 0. The van der Waals surface area contributed by atoms with E-state index in [2.05, 4.69) is 20.7 Å². The summed E-state index contributed by atoms with van der Waals surface area (Å²) in [5.74, 6) is 0.722. The average molecular weight is 371 g/mol. The molecule has 0 saturated heterocycles. The summed E-state index contributed by atoms with van der Waals surface area (Å²) < 4.78 is 32.6. The summed E-state index contributed by atoms with van der Waals surface area (Å²) in [4.78, 5) is 0.121. The van der Waals surface area contributed by atoms with E-state index in [4.69, 9.17) is 10.5 Å². The van der Waals surface area contributed by atoms with Crippen LogP contribution in [0, 0.1) is 0 Å². The molecule has 0 aliphatic heterocycles. The minimum absolute atomic E-state index is 0.121. The maximum atomic E-state index is 12.3. The van der Waals surface area contributed by atoms with Gasteiger partial charge in [-0.15, -0.1) is 0 Å². The van der Waals surface area contributed by atoms with Crippen molar-refractivity contribution in [3.05, 3.63) is 52.5 Å². The van der Waals surface area contributed by atoms with Crippen molar-refractivity contribution in [1.82, 2.24) is 4.72 Å². The fraction of sp³-hybridized carbons (Fsp3) is 0.143. The molecule has 0 heterocycles. The van der Waals surface area contributed by atoms with Crippen LogP contribution in [0.1, 0.15) is 5.56 Å². The number of hydrogen-bond acceptors (Lipinski definition) is 4. The summed E-state index contributed by atoms with van der Waals surface area (Å²) in [6.45, 7) is 0.188. The van der Waals surface area contributed by atoms with Crippen molar-refractivity contribution in [2.45, 2.75) is 11.4 Å². The molecule has 0 saturated carbocycles. The van der Waals surface area contributed by atoms with Crippen molar-refractivity contribution >= 4 is 31.6 Å². The summed E-state index contributed by atoms with van der Waals surface area (Å²) >= 11 is 3.22. The standard InChI is InChI=1S/C14H15BrN2O3S/c1-20-12-5-2-10(3-6-12)9-17-21(18,19)14-8-11(16)4-7-13(14)15/h2-8,17H,9,16H2,1H3. The second-order valence-electron chi connectivity index (χ2n) is 4.36. The lowest BCUT2D eigenvalue weighted by Gasteiger charge is -2.09. The molecule has 0 bridgehead atoms. The molecule has 112 valence electrons. The summed E-state index contributed by atoms with van der Waals surface area (Å²) in [5, 5.41) is 0. The Morgan fingerprint density at radius 3 is 2.48 bits per heavy atom. The number of benzene rings is 2. The number of nitrogens with one attached hydrogen (secondary N) is 1. The van der Waals surface area contributed by atoms with Gasteiger partial charge in [0.2, 0.25) is 10.0 Å². The zero-order valence-electron chi connectivity index (χ0n) is 11.3. The Morgan fingerprint density at radius 1 is 1.19 bits per heavy atom. The molecule has 7 heteroatoms. The maximum absolute atomic E-state index is 12.3. The molecule has 21 heavy (non-hydrogen) atoms. The van der Waals surface area contributed by atoms with Crippen LogP contribution in [0.25, 0.3) is 0 Å². The predicted molar refractivity (Wildman–Crippen MR) is 85.6 cm³/mol. The van der Waals surface area contributed by atoms with E-state index in [0.717, 1.165) is 11.3 Å². The molecule has 2 aromatic rings. The molecule has 0 unspecified atom stereocenters. The number of sulfonamides is 1. The lowest BCUT2D eigenvalue weighted by Crippen LogP contribution is -2.23. The first kappa shape index (κ1) is 15.8. The van der Waals surface area contributed by atoms with Gasteiger partial charge in [-0.05, 0) is 51.8 Å². The lowest BCUT2D eigenvalue weighted by atomic mass is 10.2. The molecule has 0 atom stereocenters. The predicted octanol–water partition coefficient (Wildman–Crippen LogP) is 2.52. The SMILES string of the molecule is COc1ccc(CNS(=O)(=O)c2cc(N)ccc2Br)cc1. The van der Waals surface area contributed by atoms with Crippen LogP contribution in [-0.2, 0) is 16.6 Å². The Morgan fingerprint density at radius 2 is 1.86 bits per heavy atom. The van der Waals surface area contributed by atoms with Crippen molar-refractivity contribution in [1.29, 1.82) is 0 Å². The smallest absolute Gasteiger partial charge is 0.242 e. The van der Waals surface area contributed by atoms with Gasteiger partial charge in [-0.25, -0.2) is 13.1 Å². The zero-order chi connectivity index (χ0) is 15.5. The van der Waals surface area contributed by atoms with Crippen LogP contribution in [0.4, 0.5) is 5.69 Å². The number of hydrogen-bond donors (Lipinski definition) is 2. The molecule has 0 spiro atoms. The highest BCUT2D eigenvalue weighted by atomic mass is 79.9. The van der Waals surface area contributed by atoms with Crippen LogP contribution in [0.3, 0.4) is 0 Å². The third-order valence-corrected chi connectivity index (χ3v) is 5.27. The minimum atomic E-state index is -3.64. The summed E-state index contributed by atoms with van der Waals surface area (Å²) in [5.41, 5.74) is 6.86. The Balaban J connectivity index is 2.15. The van der Waals surface area contributed by atoms with E-state index in [-0.39, 0.29) is 11.4 Å². The van der Waals surface area contributed by atoms with E-state index in [1.807, 2.05) is 0 Å². The Kier molecular flexibility index (Phi) is 4.87. The van der Waals surface area contributed by atoms with Gasteiger partial charge in [-0.3, -0.25) is 0 Å². The van der Waals surface area contributed by atoms with E-state index >= 15 is 0 Å². The van der Waals surface area contributed by atoms with Gasteiger partial charge < -0.3 is 10.5 Å². The topological polar surface area (TPSA) is 81.4 Å². The second-order valence-corrected chi connectivity index (χ2v) is 6.95. The van der Waals surface area contributed by atoms with E-state index in [1.54, 1.807) is 43.5 Å².